The fourth-order valence-corrected chi connectivity index (χ4v) is 2.89. The monoisotopic (exact) mass is 293 g/mol. The van der Waals surface area contributed by atoms with Gasteiger partial charge in [0, 0.05) is 13.0 Å². The Hall–Kier alpha value is -0.780. The van der Waals surface area contributed by atoms with E-state index in [0.717, 1.165) is 12.8 Å². The number of halogens is 3. The van der Waals surface area contributed by atoms with Crippen molar-refractivity contribution >= 4 is 5.91 Å². The maximum atomic E-state index is 12.5. The number of aliphatic hydroxyl groups excluding tert-OH is 1. The minimum Gasteiger partial charge on any atom is -0.391 e. The van der Waals surface area contributed by atoms with Crippen molar-refractivity contribution in [3.63, 3.8) is 0 Å². The zero-order chi connectivity index (χ0) is 14.8. The van der Waals surface area contributed by atoms with Gasteiger partial charge >= 0.3 is 6.18 Å². The summed E-state index contributed by atoms with van der Waals surface area (Å²) in [5, 5.41) is 12.3. The Kier molecular flexibility index (Phi) is 4.94. The molecule has 0 radical (unpaired) electrons. The normalized spacial score (nSPS) is 29.0. The van der Waals surface area contributed by atoms with Crippen LogP contribution in [-0.4, -0.2) is 29.8 Å². The van der Waals surface area contributed by atoms with E-state index in [4.69, 9.17) is 0 Å². The van der Waals surface area contributed by atoms with Gasteiger partial charge in [-0.3, -0.25) is 4.79 Å². The number of carbonyl (C=O) groups excluding carboxylic acids is 1. The van der Waals surface area contributed by atoms with Crippen molar-refractivity contribution in [3.8, 4) is 0 Å². The van der Waals surface area contributed by atoms with Crippen LogP contribution in [0.1, 0.15) is 44.9 Å². The second-order valence-corrected chi connectivity index (χ2v) is 6.17. The van der Waals surface area contributed by atoms with Gasteiger partial charge in [0.1, 0.15) is 0 Å². The first kappa shape index (κ1) is 15.6. The minimum atomic E-state index is -4.10. The van der Waals surface area contributed by atoms with Gasteiger partial charge in [0.25, 0.3) is 0 Å². The maximum Gasteiger partial charge on any atom is 0.391 e. The molecule has 116 valence electrons. The van der Waals surface area contributed by atoms with E-state index in [0.29, 0.717) is 18.8 Å². The highest BCUT2D eigenvalue weighted by Gasteiger charge is 2.41. The van der Waals surface area contributed by atoms with E-state index in [1.165, 1.54) is 0 Å². The van der Waals surface area contributed by atoms with E-state index >= 15 is 0 Å². The molecule has 0 aromatic heterocycles. The van der Waals surface area contributed by atoms with Crippen LogP contribution in [0.25, 0.3) is 0 Å². The summed E-state index contributed by atoms with van der Waals surface area (Å²) in [6.07, 6.45) is -1.08. The standard InChI is InChI=1S/C14H22F3NO2/c15-14(16,17)11-5-1-9(2-6-11)7-13(20)18-8-12(19)10-3-4-10/h9-12,19H,1-8H2,(H,18,20). The molecule has 1 amide bonds. The highest BCUT2D eigenvalue weighted by molar-refractivity contribution is 5.76. The zero-order valence-corrected chi connectivity index (χ0v) is 11.5. The highest BCUT2D eigenvalue weighted by atomic mass is 19.4. The third kappa shape index (κ3) is 4.65. The Bertz CT molecular complexity index is 334. The van der Waals surface area contributed by atoms with Gasteiger partial charge in [0.05, 0.1) is 12.0 Å². The molecule has 2 N–H and O–H groups in total. The van der Waals surface area contributed by atoms with Crippen molar-refractivity contribution < 1.29 is 23.1 Å². The fraction of sp³-hybridized carbons (Fsp3) is 0.929. The molecule has 3 nitrogen and oxygen atoms in total. The number of carbonyl (C=O) groups is 1. The topological polar surface area (TPSA) is 49.3 Å². The lowest BCUT2D eigenvalue weighted by atomic mass is 9.80. The quantitative estimate of drug-likeness (QED) is 0.818. The van der Waals surface area contributed by atoms with Crippen molar-refractivity contribution in [3.05, 3.63) is 0 Å². The molecule has 0 saturated heterocycles. The van der Waals surface area contributed by atoms with Crippen LogP contribution in [-0.2, 0) is 4.79 Å². The maximum absolute atomic E-state index is 12.5. The van der Waals surface area contributed by atoms with Gasteiger partial charge in [0.15, 0.2) is 0 Å². The summed E-state index contributed by atoms with van der Waals surface area (Å²) in [6.45, 7) is 0.265. The second-order valence-electron chi connectivity index (χ2n) is 6.17. The molecule has 0 aliphatic heterocycles. The first-order valence-electron chi connectivity index (χ1n) is 7.37. The van der Waals surface area contributed by atoms with Crippen molar-refractivity contribution in [1.29, 1.82) is 0 Å². The summed E-state index contributed by atoms with van der Waals surface area (Å²) in [6, 6.07) is 0. The molecule has 0 heterocycles. The van der Waals surface area contributed by atoms with Gasteiger partial charge in [-0.2, -0.15) is 13.2 Å². The van der Waals surface area contributed by atoms with Gasteiger partial charge in [-0.25, -0.2) is 0 Å². The van der Waals surface area contributed by atoms with Gasteiger partial charge < -0.3 is 10.4 Å². The van der Waals surface area contributed by atoms with Crippen LogP contribution in [0.2, 0.25) is 0 Å². The van der Waals surface area contributed by atoms with E-state index in [-0.39, 0.29) is 37.6 Å². The van der Waals surface area contributed by atoms with E-state index in [1.54, 1.807) is 0 Å². The lowest BCUT2D eigenvalue weighted by Gasteiger charge is -2.29. The lowest BCUT2D eigenvalue weighted by Crippen LogP contribution is -2.35. The third-order valence-corrected chi connectivity index (χ3v) is 4.46. The number of hydrogen-bond acceptors (Lipinski definition) is 2. The van der Waals surface area contributed by atoms with Gasteiger partial charge in [-0.1, -0.05) is 0 Å². The Morgan fingerprint density at radius 3 is 2.25 bits per heavy atom. The molecule has 6 heteroatoms. The molecule has 0 spiro atoms. The van der Waals surface area contributed by atoms with E-state index in [2.05, 4.69) is 5.32 Å². The number of nitrogens with one attached hydrogen (secondary N) is 1. The van der Waals surface area contributed by atoms with Crippen LogP contribution in [0.5, 0.6) is 0 Å². The van der Waals surface area contributed by atoms with Gasteiger partial charge in [-0.15, -0.1) is 0 Å². The number of rotatable bonds is 5. The molecule has 0 aromatic rings. The van der Waals surface area contributed by atoms with Crippen LogP contribution in [0.4, 0.5) is 13.2 Å². The summed E-state index contributed by atoms with van der Waals surface area (Å²) >= 11 is 0. The molecule has 2 aliphatic rings. The molecular weight excluding hydrogens is 271 g/mol. The average molecular weight is 293 g/mol. The lowest BCUT2D eigenvalue weighted by molar-refractivity contribution is -0.184. The molecule has 1 atom stereocenters. The molecule has 1 unspecified atom stereocenters. The average Bonchev–Trinajstić information content (AvgIpc) is 3.20. The molecule has 20 heavy (non-hydrogen) atoms. The minimum absolute atomic E-state index is 0.0478. The van der Waals surface area contributed by atoms with Crippen molar-refractivity contribution in [2.45, 2.75) is 57.2 Å². The molecule has 0 aromatic carbocycles. The molecule has 2 aliphatic carbocycles. The summed E-state index contributed by atoms with van der Waals surface area (Å²) in [4.78, 5) is 11.7. The highest BCUT2D eigenvalue weighted by Crippen LogP contribution is 2.40. The Balaban J connectivity index is 1.63. The van der Waals surface area contributed by atoms with Crippen LogP contribution in [0, 0.1) is 17.8 Å². The SMILES string of the molecule is O=C(CC1CCC(C(F)(F)F)CC1)NCC(O)C1CC1. The first-order chi connectivity index (χ1) is 9.36. The summed E-state index contributed by atoms with van der Waals surface area (Å²) in [7, 11) is 0. The molecular formula is C14H22F3NO2. The largest absolute Gasteiger partial charge is 0.391 e. The van der Waals surface area contributed by atoms with E-state index in [9.17, 15) is 23.1 Å². The predicted octanol–water partition coefficient (Wildman–Crippen LogP) is 2.63. The predicted molar refractivity (Wildman–Crippen MR) is 67.9 cm³/mol. The number of alkyl halides is 3. The van der Waals surface area contributed by atoms with E-state index < -0.39 is 18.2 Å². The molecule has 2 saturated carbocycles. The van der Waals surface area contributed by atoms with Crippen LogP contribution < -0.4 is 5.32 Å². The van der Waals surface area contributed by atoms with Crippen molar-refractivity contribution in [2.24, 2.45) is 17.8 Å². The van der Waals surface area contributed by atoms with Gasteiger partial charge in [-0.05, 0) is 50.4 Å². The summed E-state index contributed by atoms with van der Waals surface area (Å²) in [5.74, 6) is -0.983. The van der Waals surface area contributed by atoms with Gasteiger partial charge in [0.2, 0.25) is 5.91 Å². The molecule has 2 rings (SSSR count). The number of amides is 1. The summed E-state index contributed by atoms with van der Waals surface area (Å²) in [5.41, 5.74) is 0. The first-order valence-corrected chi connectivity index (χ1v) is 7.37. The Morgan fingerprint density at radius 1 is 1.15 bits per heavy atom. The zero-order valence-electron chi connectivity index (χ0n) is 11.5. The number of aliphatic hydroxyl groups is 1. The fourth-order valence-electron chi connectivity index (χ4n) is 2.89. The number of hydrogen-bond donors (Lipinski definition) is 2. The third-order valence-electron chi connectivity index (χ3n) is 4.46. The van der Waals surface area contributed by atoms with E-state index in [1.807, 2.05) is 0 Å². The molecule has 0 bridgehead atoms. The van der Waals surface area contributed by atoms with Crippen LogP contribution in [0.3, 0.4) is 0 Å². The van der Waals surface area contributed by atoms with Crippen molar-refractivity contribution in [2.75, 3.05) is 6.54 Å². The second kappa shape index (κ2) is 6.33. The Morgan fingerprint density at radius 2 is 1.75 bits per heavy atom. The van der Waals surface area contributed by atoms with Crippen LogP contribution >= 0.6 is 0 Å². The smallest absolute Gasteiger partial charge is 0.391 e. The Labute approximate surface area is 116 Å². The van der Waals surface area contributed by atoms with Crippen molar-refractivity contribution in [1.82, 2.24) is 5.32 Å². The molecule has 2 fully saturated rings. The van der Waals surface area contributed by atoms with Crippen LogP contribution in [0.15, 0.2) is 0 Å². The summed E-state index contributed by atoms with van der Waals surface area (Å²) < 4.78 is 37.5.